The first-order valence-electron chi connectivity index (χ1n) is 15.5. The van der Waals surface area contributed by atoms with E-state index in [-0.39, 0.29) is 32.1 Å². The molecule has 0 spiro atoms. The second-order valence-corrected chi connectivity index (χ2v) is 11.6. The van der Waals surface area contributed by atoms with Gasteiger partial charge in [-0.15, -0.1) is 0 Å². The average molecular weight is 627 g/mol. The SMILES string of the molecule is CCCCC[C@H](O)[C@H]1C(=O)O[C@@H](C)[C@@H](O)/C=C/C=C/C=C/C=C/C=C(\C)[C@H](O)[C@@H](O)[C@@H](O)C[C@H](O)C[C@H](O)C[C@H](O)C[C@H]1O. The molecule has 0 unspecified atom stereocenters. The number of unbranched alkanes of at least 4 members (excludes halogenated alkanes) is 2. The highest BCUT2D eigenvalue weighted by molar-refractivity contribution is 5.74. The Balaban J connectivity index is 3.19. The van der Waals surface area contributed by atoms with E-state index in [9.17, 15) is 50.8 Å². The highest BCUT2D eigenvalue weighted by Crippen LogP contribution is 2.24. The number of rotatable bonds is 5. The van der Waals surface area contributed by atoms with Crippen LogP contribution in [0.15, 0.2) is 60.3 Å². The van der Waals surface area contributed by atoms with Crippen molar-refractivity contribution in [2.24, 2.45) is 5.92 Å². The van der Waals surface area contributed by atoms with E-state index < -0.39 is 72.9 Å². The van der Waals surface area contributed by atoms with Gasteiger partial charge in [-0.1, -0.05) is 80.9 Å². The number of esters is 1. The first kappa shape index (κ1) is 39.8. The minimum Gasteiger partial charge on any atom is -0.459 e. The van der Waals surface area contributed by atoms with Gasteiger partial charge in [0.2, 0.25) is 0 Å². The molecule has 1 aliphatic rings. The molecule has 1 aliphatic heterocycles. The zero-order chi connectivity index (χ0) is 33.2. The molecule has 0 saturated heterocycles. The van der Waals surface area contributed by atoms with E-state index in [4.69, 9.17) is 4.74 Å². The van der Waals surface area contributed by atoms with Crippen LogP contribution in [0.5, 0.6) is 0 Å². The van der Waals surface area contributed by atoms with Gasteiger partial charge in [0.25, 0.3) is 0 Å². The molecule has 0 radical (unpaired) electrons. The monoisotopic (exact) mass is 626 g/mol. The van der Waals surface area contributed by atoms with E-state index in [1.165, 1.54) is 13.0 Å². The van der Waals surface area contributed by atoms with Gasteiger partial charge in [0.15, 0.2) is 0 Å². The van der Waals surface area contributed by atoms with Crippen molar-refractivity contribution in [3.63, 3.8) is 0 Å². The lowest BCUT2D eigenvalue weighted by Gasteiger charge is -2.30. The highest BCUT2D eigenvalue weighted by Gasteiger charge is 2.37. The standard InChI is InChI=1S/C33H54O11/c1-4-5-11-16-27(38)30-28(39)19-24(35)17-23(34)18-25(36)20-29(40)32(42)31(41)21(2)14-12-9-7-6-8-10-13-15-26(37)22(3)44-33(30)43/h6-10,12-15,22-32,34-42H,4-5,11,16-20H2,1-3H3/b7-6+,10-8+,12-9+,15-13+,21-14+/t22-,23+,24-,25+,26-,27-,28+,29-,30+,31-,32-/m0/s1. The van der Waals surface area contributed by atoms with Crippen molar-refractivity contribution in [1.82, 2.24) is 0 Å². The maximum Gasteiger partial charge on any atom is 0.314 e. The summed E-state index contributed by atoms with van der Waals surface area (Å²) < 4.78 is 5.40. The summed E-state index contributed by atoms with van der Waals surface area (Å²) in [5.41, 5.74) is 0.370. The lowest BCUT2D eigenvalue weighted by Crippen LogP contribution is -2.43. The van der Waals surface area contributed by atoms with Crippen molar-refractivity contribution >= 4 is 5.97 Å². The molecule has 0 fully saturated rings. The Kier molecular flexibility index (Phi) is 19.5. The van der Waals surface area contributed by atoms with Crippen LogP contribution in [-0.4, -0.2) is 113 Å². The molecule has 1 rings (SSSR count). The highest BCUT2D eigenvalue weighted by atomic mass is 16.6. The van der Waals surface area contributed by atoms with Crippen LogP contribution < -0.4 is 0 Å². The summed E-state index contributed by atoms with van der Waals surface area (Å²) in [6.07, 6.45) is 2.32. The smallest absolute Gasteiger partial charge is 0.314 e. The summed E-state index contributed by atoms with van der Waals surface area (Å²) in [5, 5.41) is 94.6. The van der Waals surface area contributed by atoms with Gasteiger partial charge in [-0.2, -0.15) is 0 Å². The Hall–Kier alpha value is -2.19. The minimum absolute atomic E-state index is 0.206. The molecule has 11 nitrogen and oxygen atoms in total. The number of hydrogen-bond acceptors (Lipinski definition) is 11. The number of allylic oxidation sites excluding steroid dienone is 8. The molecule has 9 N–H and O–H groups in total. The van der Waals surface area contributed by atoms with Crippen molar-refractivity contribution in [3.05, 3.63) is 60.3 Å². The van der Waals surface area contributed by atoms with E-state index in [0.717, 1.165) is 12.8 Å². The largest absolute Gasteiger partial charge is 0.459 e. The van der Waals surface area contributed by atoms with Crippen molar-refractivity contribution in [1.29, 1.82) is 0 Å². The van der Waals surface area contributed by atoms with Gasteiger partial charge in [0.05, 0.1) is 36.6 Å². The molecule has 0 bridgehead atoms. The van der Waals surface area contributed by atoms with Gasteiger partial charge in [0.1, 0.15) is 30.3 Å². The summed E-state index contributed by atoms with van der Waals surface area (Å²) in [6.45, 7) is 5.03. The number of aliphatic hydroxyl groups excluding tert-OH is 9. The van der Waals surface area contributed by atoms with Crippen LogP contribution in [0.25, 0.3) is 0 Å². The zero-order valence-corrected chi connectivity index (χ0v) is 26.0. The molecule has 11 atom stereocenters. The maximum absolute atomic E-state index is 13.1. The summed E-state index contributed by atoms with van der Waals surface area (Å²) in [6, 6.07) is 0. The molecule has 0 aromatic carbocycles. The average Bonchev–Trinajstić information content (AvgIpc) is 2.94. The topological polar surface area (TPSA) is 208 Å². The number of ether oxygens (including phenoxy) is 1. The molecule has 0 aromatic rings. The van der Waals surface area contributed by atoms with Gasteiger partial charge in [-0.3, -0.25) is 4.79 Å². The van der Waals surface area contributed by atoms with Crippen LogP contribution in [0.4, 0.5) is 0 Å². The molecule has 11 heteroatoms. The van der Waals surface area contributed by atoms with Crippen molar-refractivity contribution in [2.45, 2.75) is 133 Å². The number of carbonyl (C=O) groups excluding carboxylic acids is 1. The lowest BCUT2D eigenvalue weighted by atomic mass is 9.87. The van der Waals surface area contributed by atoms with Crippen molar-refractivity contribution in [3.8, 4) is 0 Å². The third-order valence-corrected chi connectivity index (χ3v) is 7.62. The number of cyclic esters (lactones) is 1. The predicted octanol–water partition coefficient (Wildman–Crippen LogP) is 1.11. The number of carbonyl (C=O) groups is 1. The van der Waals surface area contributed by atoms with Gasteiger partial charge >= 0.3 is 5.97 Å². The fourth-order valence-corrected chi connectivity index (χ4v) is 4.89. The van der Waals surface area contributed by atoms with Gasteiger partial charge < -0.3 is 50.7 Å². The molecule has 1 heterocycles. The van der Waals surface area contributed by atoms with E-state index in [2.05, 4.69) is 0 Å². The summed E-state index contributed by atoms with van der Waals surface area (Å²) in [4.78, 5) is 13.1. The van der Waals surface area contributed by atoms with Gasteiger partial charge in [-0.25, -0.2) is 0 Å². The quantitative estimate of drug-likeness (QED) is 0.156. The Morgan fingerprint density at radius 3 is 1.89 bits per heavy atom. The maximum atomic E-state index is 13.1. The molecule has 0 saturated carbocycles. The summed E-state index contributed by atoms with van der Waals surface area (Å²) >= 11 is 0. The van der Waals surface area contributed by atoms with Crippen LogP contribution in [0.1, 0.15) is 72.1 Å². The number of aliphatic hydroxyl groups is 9. The van der Waals surface area contributed by atoms with Crippen LogP contribution in [0.2, 0.25) is 0 Å². The molecule has 44 heavy (non-hydrogen) atoms. The Bertz CT molecular complexity index is 959. The second-order valence-electron chi connectivity index (χ2n) is 11.6. The molecule has 0 amide bonds. The normalized spacial score (nSPS) is 39.3. The van der Waals surface area contributed by atoms with E-state index in [1.54, 1.807) is 55.5 Å². The lowest BCUT2D eigenvalue weighted by molar-refractivity contribution is -0.168. The molecule has 252 valence electrons. The fourth-order valence-electron chi connectivity index (χ4n) is 4.89. The number of hydrogen-bond donors (Lipinski definition) is 9. The second kappa shape index (κ2) is 21.5. The molecule has 0 aliphatic carbocycles. The van der Waals surface area contributed by atoms with Crippen molar-refractivity contribution < 1.29 is 55.5 Å². The van der Waals surface area contributed by atoms with E-state index in [0.29, 0.717) is 12.0 Å². The molecule has 0 aromatic heterocycles. The Morgan fingerprint density at radius 1 is 0.773 bits per heavy atom. The zero-order valence-electron chi connectivity index (χ0n) is 26.0. The first-order chi connectivity index (χ1) is 20.8. The van der Waals surface area contributed by atoms with E-state index >= 15 is 0 Å². The predicted molar refractivity (Wildman–Crippen MR) is 166 cm³/mol. The molecular formula is C33H54O11. The first-order valence-corrected chi connectivity index (χ1v) is 15.5. The van der Waals surface area contributed by atoms with Gasteiger partial charge in [-0.05, 0) is 38.7 Å². The Labute approximate surface area is 260 Å². The van der Waals surface area contributed by atoms with E-state index in [1.807, 2.05) is 6.92 Å². The Morgan fingerprint density at radius 2 is 1.30 bits per heavy atom. The van der Waals surface area contributed by atoms with Crippen LogP contribution in [0, 0.1) is 5.92 Å². The van der Waals surface area contributed by atoms with Gasteiger partial charge in [0, 0.05) is 12.8 Å². The summed E-state index contributed by atoms with van der Waals surface area (Å²) in [7, 11) is 0. The van der Waals surface area contributed by atoms with Crippen molar-refractivity contribution in [2.75, 3.05) is 0 Å². The molecular weight excluding hydrogens is 572 g/mol. The fraction of sp³-hybridized carbons (Fsp3) is 0.667. The van der Waals surface area contributed by atoms with Crippen LogP contribution >= 0.6 is 0 Å². The third kappa shape index (κ3) is 15.2. The summed E-state index contributed by atoms with van der Waals surface area (Å²) in [5.74, 6) is -2.35. The third-order valence-electron chi connectivity index (χ3n) is 7.62. The minimum atomic E-state index is -1.60. The van der Waals surface area contributed by atoms with Crippen LogP contribution in [0.3, 0.4) is 0 Å². The van der Waals surface area contributed by atoms with Crippen LogP contribution in [-0.2, 0) is 9.53 Å².